The van der Waals surface area contributed by atoms with Crippen molar-refractivity contribution in [2.45, 2.75) is 24.7 Å². The minimum atomic E-state index is -0.756. The summed E-state index contributed by atoms with van der Waals surface area (Å²) < 4.78 is 0. The van der Waals surface area contributed by atoms with Gasteiger partial charge in [0, 0.05) is 18.1 Å². The molecule has 3 heteroatoms. The summed E-state index contributed by atoms with van der Waals surface area (Å²) in [5, 5.41) is 18.6. The molecule has 0 amide bonds. The van der Waals surface area contributed by atoms with Crippen molar-refractivity contribution in [2.24, 2.45) is 0 Å². The van der Waals surface area contributed by atoms with Crippen LogP contribution in [0.1, 0.15) is 18.9 Å². The van der Waals surface area contributed by atoms with Gasteiger partial charge < -0.3 is 10.2 Å². The van der Waals surface area contributed by atoms with E-state index in [0.717, 1.165) is 5.75 Å². The molecule has 84 valence electrons. The van der Waals surface area contributed by atoms with Gasteiger partial charge in [0.1, 0.15) is 0 Å². The molecule has 0 saturated heterocycles. The van der Waals surface area contributed by atoms with E-state index in [9.17, 15) is 5.11 Å². The van der Waals surface area contributed by atoms with E-state index in [1.807, 2.05) is 18.2 Å². The van der Waals surface area contributed by atoms with Crippen LogP contribution in [0.4, 0.5) is 0 Å². The summed E-state index contributed by atoms with van der Waals surface area (Å²) in [5.41, 5.74) is 0.510. The number of hydrogen-bond donors (Lipinski definition) is 2. The highest BCUT2D eigenvalue weighted by Gasteiger charge is 2.18. The highest BCUT2D eigenvalue weighted by molar-refractivity contribution is 7.98. The van der Waals surface area contributed by atoms with Crippen molar-refractivity contribution in [1.29, 1.82) is 0 Å². The molecule has 0 spiro atoms. The van der Waals surface area contributed by atoms with Gasteiger partial charge in [-0.25, -0.2) is 0 Å². The molecule has 1 aromatic carbocycles. The third-order valence-corrected chi connectivity index (χ3v) is 3.54. The molecule has 0 aliphatic carbocycles. The molecule has 1 rings (SSSR count). The van der Waals surface area contributed by atoms with E-state index in [0.29, 0.717) is 12.2 Å². The molecule has 0 bridgehead atoms. The molecular formula is C12H18O2S. The highest BCUT2D eigenvalue weighted by atomic mass is 32.2. The smallest absolute Gasteiger partial charge is 0.0731 e. The fraction of sp³-hybridized carbons (Fsp3) is 0.500. The van der Waals surface area contributed by atoms with Crippen molar-refractivity contribution in [3.63, 3.8) is 0 Å². The fourth-order valence-electron chi connectivity index (χ4n) is 1.28. The van der Waals surface area contributed by atoms with Crippen molar-refractivity contribution < 1.29 is 10.2 Å². The Bertz CT molecular complexity index is 272. The maximum atomic E-state index is 9.81. The maximum Gasteiger partial charge on any atom is 0.0731 e. The van der Waals surface area contributed by atoms with Crippen LogP contribution in [0.5, 0.6) is 0 Å². The normalized spacial score (nSPS) is 14.9. The standard InChI is InChI=1S/C12H18O2S/c1-12(14,7-8-13)10-15-9-11-5-3-2-4-6-11/h2-6,13-14H,7-10H2,1H3. The zero-order valence-electron chi connectivity index (χ0n) is 9.02. The molecule has 15 heavy (non-hydrogen) atoms. The first kappa shape index (κ1) is 12.6. The number of thioether (sulfide) groups is 1. The van der Waals surface area contributed by atoms with Crippen molar-refractivity contribution in [3.8, 4) is 0 Å². The lowest BCUT2D eigenvalue weighted by molar-refractivity contribution is 0.0560. The zero-order chi connectivity index (χ0) is 11.1. The van der Waals surface area contributed by atoms with Gasteiger partial charge in [-0.05, 0) is 18.9 Å². The van der Waals surface area contributed by atoms with Crippen LogP contribution in [0.3, 0.4) is 0 Å². The summed E-state index contributed by atoms with van der Waals surface area (Å²) >= 11 is 1.69. The van der Waals surface area contributed by atoms with Crippen LogP contribution in [0.15, 0.2) is 30.3 Å². The van der Waals surface area contributed by atoms with Crippen LogP contribution < -0.4 is 0 Å². The molecular weight excluding hydrogens is 208 g/mol. The Labute approximate surface area is 95.3 Å². The molecule has 0 radical (unpaired) electrons. The van der Waals surface area contributed by atoms with Gasteiger partial charge in [0.25, 0.3) is 0 Å². The number of aliphatic hydroxyl groups is 2. The first-order chi connectivity index (χ1) is 7.14. The molecule has 0 fully saturated rings. The second kappa shape index (κ2) is 6.16. The Morgan fingerprint density at radius 2 is 1.93 bits per heavy atom. The first-order valence-electron chi connectivity index (χ1n) is 5.09. The van der Waals surface area contributed by atoms with Crippen molar-refractivity contribution in [2.75, 3.05) is 12.4 Å². The Kier molecular flexibility index (Phi) is 5.15. The van der Waals surface area contributed by atoms with E-state index in [1.165, 1.54) is 5.56 Å². The summed E-state index contributed by atoms with van der Waals surface area (Å²) in [7, 11) is 0. The number of aliphatic hydroxyl groups excluding tert-OH is 1. The second-order valence-electron chi connectivity index (χ2n) is 3.95. The minimum absolute atomic E-state index is 0.0406. The van der Waals surface area contributed by atoms with Crippen LogP contribution in [0.2, 0.25) is 0 Å². The van der Waals surface area contributed by atoms with Gasteiger partial charge in [0.2, 0.25) is 0 Å². The van der Waals surface area contributed by atoms with Gasteiger partial charge in [-0.2, -0.15) is 11.8 Å². The third kappa shape index (κ3) is 5.21. The molecule has 0 heterocycles. The predicted molar refractivity (Wildman–Crippen MR) is 64.9 cm³/mol. The summed E-state index contributed by atoms with van der Waals surface area (Å²) in [6.07, 6.45) is 0.439. The highest BCUT2D eigenvalue weighted by Crippen LogP contribution is 2.20. The average Bonchev–Trinajstić information content (AvgIpc) is 2.19. The van der Waals surface area contributed by atoms with Crippen molar-refractivity contribution >= 4 is 11.8 Å². The summed E-state index contributed by atoms with van der Waals surface area (Å²) in [5.74, 6) is 1.56. The van der Waals surface area contributed by atoms with Gasteiger partial charge in [-0.3, -0.25) is 0 Å². The zero-order valence-corrected chi connectivity index (χ0v) is 9.83. The number of benzene rings is 1. The summed E-state index contributed by atoms with van der Waals surface area (Å²) in [6.45, 7) is 1.81. The Morgan fingerprint density at radius 3 is 2.53 bits per heavy atom. The Balaban J connectivity index is 2.27. The van der Waals surface area contributed by atoms with Crippen molar-refractivity contribution in [1.82, 2.24) is 0 Å². The van der Waals surface area contributed by atoms with Crippen LogP contribution in [-0.4, -0.2) is 28.2 Å². The molecule has 2 nitrogen and oxygen atoms in total. The van der Waals surface area contributed by atoms with E-state index in [1.54, 1.807) is 18.7 Å². The Hall–Kier alpha value is -0.510. The van der Waals surface area contributed by atoms with Gasteiger partial charge in [-0.1, -0.05) is 30.3 Å². The molecule has 0 aliphatic rings. The van der Waals surface area contributed by atoms with Gasteiger partial charge >= 0.3 is 0 Å². The molecule has 2 N–H and O–H groups in total. The van der Waals surface area contributed by atoms with E-state index < -0.39 is 5.60 Å². The van der Waals surface area contributed by atoms with Gasteiger partial charge in [0.05, 0.1) is 5.60 Å². The molecule has 0 aliphatic heterocycles. The van der Waals surface area contributed by atoms with Crippen LogP contribution >= 0.6 is 11.8 Å². The Morgan fingerprint density at radius 1 is 1.27 bits per heavy atom. The lowest BCUT2D eigenvalue weighted by Gasteiger charge is -2.21. The lowest BCUT2D eigenvalue weighted by Crippen LogP contribution is -2.28. The average molecular weight is 226 g/mol. The van der Waals surface area contributed by atoms with E-state index in [2.05, 4.69) is 12.1 Å². The van der Waals surface area contributed by atoms with Crippen molar-refractivity contribution in [3.05, 3.63) is 35.9 Å². The fourth-order valence-corrected chi connectivity index (χ4v) is 2.39. The second-order valence-corrected chi connectivity index (χ2v) is 4.93. The summed E-state index contributed by atoms with van der Waals surface area (Å²) in [4.78, 5) is 0. The third-order valence-electron chi connectivity index (χ3n) is 2.17. The SMILES string of the molecule is CC(O)(CCO)CSCc1ccccc1. The molecule has 1 atom stereocenters. The predicted octanol–water partition coefficient (Wildman–Crippen LogP) is 2.05. The topological polar surface area (TPSA) is 40.5 Å². The molecule has 0 aromatic heterocycles. The monoisotopic (exact) mass is 226 g/mol. The number of rotatable bonds is 6. The quantitative estimate of drug-likeness (QED) is 0.780. The minimum Gasteiger partial charge on any atom is -0.396 e. The van der Waals surface area contributed by atoms with Crippen LogP contribution in [-0.2, 0) is 5.75 Å². The van der Waals surface area contributed by atoms with Crippen LogP contribution in [0.25, 0.3) is 0 Å². The van der Waals surface area contributed by atoms with Gasteiger partial charge in [0.15, 0.2) is 0 Å². The molecule has 0 saturated carbocycles. The van der Waals surface area contributed by atoms with E-state index in [4.69, 9.17) is 5.11 Å². The summed E-state index contributed by atoms with van der Waals surface area (Å²) in [6, 6.07) is 10.2. The molecule has 1 unspecified atom stereocenters. The van der Waals surface area contributed by atoms with E-state index in [-0.39, 0.29) is 6.61 Å². The first-order valence-corrected chi connectivity index (χ1v) is 6.24. The van der Waals surface area contributed by atoms with Crippen LogP contribution in [0, 0.1) is 0 Å². The van der Waals surface area contributed by atoms with E-state index >= 15 is 0 Å². The lowest BCUT2D eigenvalue weighted by atomic mass is 10.1. The molecule has 1 aromatic rings. The number of hydrogen-bond acceptors (Lipinski definition) is 3. The van der Waals surface area contributed by atoms with Gasteiger partial charge in [-0.15, -0.1) is 0 Å². The largest absolute Gasteiger partial charge is 0.396 e. The maximum absolute atomic E-state index is 9.81.